The number of piperidine rings is 1. The third-order valence-corrected chi connectivity index (χ3v) is 9.78. The molecule has 2 aromatic carbocycles. The Morgan fingerprint density at radius 1 is 1.28 bits per heavy atom. The van der Waals surface area contributed by atoms with E-state index in [1.165, 1.54) is 21.9 Å². The van der Waals surface area contributed by atoms with Crippen LogP contribution in [-0.2, 0) is 6.42 Å². The van der Waals surface area contributed by atoms with Gasteiger partial charge in [0, 0.05) is 47.6 Å². The van der Waals surface area contributed by atoms with Gasteiger partial charge in [-0.1, -0.05) is 41.6 Å². The second-order valence-electron chi connectivity index (χ2n) is 12.2. The standard InChI is InChI=1S/C35H43ClFN7OS/c1-3-4-16-43-26(15-17-46-34(39)40)9-6-10-31(43)24-11-13-27(14-12-24)44-21-25-20-30(41-33(25)42-35(44)45)28-18-23(8-5-7-22(2)38)19-29(36)32(28)37/h3,11-14,18-22,26,31H,1,4-10,15-17,38H2,2H3,(H3,39,40)(H,41,42,45)/t22-,26-,31-/m0/s1. The zero-order valence-electron chi connectivity index (χ0n) is 26.3. The fourth-order valence-electron chi connectivity index (χ4n) is 6.48. The van der Waals surface area contributed by atoms with E-state index in [0.717, 1.165) is 69.2 Å². The lowest BCUT2D eigenvalue weighted by Gasteiger charge is -2.42. The molecule has 0 aliphatic carbocycles. The van der Waals surface area contributed by atoms with Crippen molar-refractivity contribution in [3.63, 3.8) is 0 Å². The quantitative estimate of drug-likeness (QED) is 0.0673. The van der Waals surface area contributed by atoms with E-state index in [9.17, 15) is 4.79 Å². The molecule has 0 radical (unpaired) electrons. The minimum absolute atomic E-state index is 0.0573. The monoisotopic (exact) mass is 663 g/mol. The van der Waals surface area contributed by atoms with Crippen molar-refractivity contribution in [2.45, 2.75) is 76.4 Å². The summed E-state index contributed by atoms with van der Waals surface area (Å²) in [5, 5.41) is 8.46. The Morgan fingerprint density at radius 2 is 2.07 bits per heavy atom. The number of hydrogen-bond acceptors (Lipinski definition) is 6. The summed E-state index contributed by atoms with van der Waals surface area (Å²) in [6.45, 7) is 6.82. The predicted molar refractivity (Wildman–Crippen MR) is 190 cm³/mol. The van der Waals surface area contributed by atoms with Crippen molar-refractivity contribution >= 4 is 39.6 Å². The van der Waals surface area contributed by atoms with Gasteiger partial charge in [-0.05, 0) is 99.7 Å². The number of thioether (sulfide) groups is 1. The van der Waals surface area contributed by atoms with Gasteiger partial charge in [0.15, 0.2) is 11.0 Å². The van der Waals surface area contributed by atoms with E-state index in [0.29, 0.717) is 34.0 Å². The first-order valence-electron chi connectivity index (χ1n) is 15.9. The Kier molecular flexibility index (Phi) is 11.4. The maximum Gasteiger partial charge on any atom is 0.354 e. The molecule has 3 atom stereocenters. The van der Waals surface area contributed by atoms with Crippen molar-refractivity contribution in [3.05, 3.63) is 93.8 Å². The SMILES string of the molecule is C=CCCN1[C@H](CCSC(=N)N)CCC[C@H]1c1ccc(-n2cc3cc(-c4cc(CCC[C@H](C)N)cc(Cl)c4F)[nH]c3nc2=O)cc1. The average Bonchev–Trinajstić information content (AvgIpc) is 3.43. The largest absolute Gasteiger partial charge is 0.379 e. The zero-order chi connectivity index (χ0) is 32.8. The highest BCUT2D eigenvalue weighted by molar-refractivity contribution is 8.13. The van der Waals surface area contributed by atoms with Gasteiger partial charge in [-0.15, -0.1) is 6.58 Å². The van der Waals surface area contributed by atoms with E-state index in [2.05, 4.69) is 33.6 Å². The maximum absolute atomic E-state index is 15.2. The summed E-state index contributed by atoms with van der Waals surface area (Å²) >= 11 is 7.68. The summed E-state index contributed by atoms with van der Waals surface area (Å²) in [7, 11) is 0. The number of benzene rings is 2. The molecule has 8 nitrogen and oxygen atoms in total. The van der Waals surface area contributed by atoms with Crippen LogP contribution in [0, 0.1) is 11.2 Å². The van der Waals surface area contributed by atoms with Crippen LogP contribution in [-0.4, -0.2) is 49.0 Å². The van der Waals surface area contributed by atoms with Gasteiger partial charge < -0.3 is 16.5 Å². The number of aromatic nitrogens is 3. The van der Waals surface area contributed by atoms with E-state index < -0.39 is 11.5 Å². The molecular weight excluding hydrogens is 621 g/mol. The maximum atomic E-state index is 15.2. The summed E-state index contributed by atoms with van der Waals surface area (Å²) in [6, 6.07) is 14.2. The molecule has 0 spiro atoms. The van der Waals surface area contributed by atoms with Crippen molar-refractivity contribution in [2.24, 2.45) is 11.5 Å². The fourth-order valence-corrected chi connectivity index (χ4v) is 7.33. The molecule has 0 amide bonds. The Morgan fingerprint density at radius 3 is 2.78 bits per heavy atom. The number of nitrogens with one attached hydrogen (secondary N) is 2. The molecule has 1 fully saturated rings. The van der Waals surface area contributed by atoms with Crippen molar-refractivity contribution in [1.29, 1.82) is 5.41 Å². The van der Waals surface area contributed by atoms with Crippen LogP contribution in [0.3, 0.4) is 0 Å². The molecule has 4 aromatic rings. The molecule has 2 aromatic heterocycles. The van der Waals surface area contributed by atoms with Crippen molar-refractivity contribution in [1.82, 2.24) is 19.4 Å². The van der Waals surface area contributed by atoms with E-state index in [-0.39, 0.29) is 22.3 Å². The number of amidine groups is 1. The number of fused-ring (bicyclic) bond motifs is 1. The Balaban J connectivity index is 1.39. The number of nitrogens with zero attached hydrogens (tertiary/aromatic N) is 3. The third kappa shape index (κ3) is 8.09. The molecule has 0 unspecified atom stereocenters. The van der Waals surface area contributed by atoms with Gasteiger partial charge in [0.25, 0.3) is 0 Å². The molecule has 1 aliphatic rings. The number of hydrogen-bond donors (Lipinski definition) is 4. The van der Waals surface area contributed by atoms with Crippen LogP contribution < -0.4 is 17.2 Å². The van der Waals surface area contributed by atoms with Crippen LogP contribution in [0.2, 0.25) is 5.02 Å². The number of H-pyrrole nitrogens is 1. The van der Waals surface area contributed by atoms with Gasteiger partial charge in [0.2, 0.25) is 0 Å². The van der Waals surface area contributed by atoms with E-state index >= 15 is 4.39 Å². The molecule has 46 heavy (non-hydrogen) atoms. The molecule has 1 aliphatic heterocycles. The highest BCUT2D eigenvalue weighted by Gasteiger charge is 2.31. The number of likely N-dealkylation sites (tertiary alicyclic amines) is 1. The van der Waals surface area contributed by atoms with Crippen LogP contribution >= 0.6 is 23.4 Å². The minimum atomic E-state index is -0.514. The first kappa shape index (κ1) is 33.9. The molecule has 5 rings (SSSR count). The van der Waals surface area contributed by atoms with Gasteiger partial charge in [-0.2, -0.15) is 4.98 Å². The number of nitrogens with two attached hydrogens (primary N) is 2. The zero-order valence-corrected chi connectivity index (χ0v) is 27.8. The van der Waals surface area contributed by atoms with Crippen molar-refractivity contribution < 1.29 is 4.39 Å². The normalized spacial score (nSPS) is 17.7. The summed E-state index contributed by atoms with van der Waals surface area (Å²) < 4.78 is 16.7. The van der Waals surface area contributed by atoms with E-state index in [4.69, 9.17) is 28.5 Å². The van der Waals surface area contributed by atoms with Crippen molar-refractivity contribution in [2.75, 3.05) is 12.3 Å². The number of halogens is 2. The topological polar surface area (TPSA) is 130 Å². The van der Waals surface area contributed by atoms with Gasteiger partial charge in [0.1, 0.15) is 5.65 Å². The Bertz CT molecular complexity index is 1740. The lowest BCUT2D eigenvalue weighted by atomic mass is 9.89. The highest BCUT2D eigenvalue weighted by Crippen LogP contribution is 2.37. The van der Waals surface area contributed by atoms with Crippen LogP contribution in [0.15, 0.2) is 66.1 Å². The number of aryl methyl sites for hydroxylation is 1. The van der Waals surface area contributed by atoms with Gasteiger partial charge in [0.05, 0.1) is 16.4 Å². The minimum Gasteiger partial charge on any atom is -0.379 e. The highest BCUT2D eigenvalue weighted by atomic mass is 35.5. The van der Waals surface area contributed by atoms with Crippen LogP contribution in [0.1, 0.15) is 69.0 Å². The number of rotatable bonds is 13. The van der Waals surface area contributed by atoms with Gasteiger partial charge in [-0.3, -0.25) is 14.9 Å². The first-order valence-corrected chi connectivity index (χ1v) is 17.3. The molecule has 11 heteroatoms. The predicted octanol–water partition coefficient (Wildman–Crippen LogP) is 7.33. The van der Waals surface area contributed by atoms with E-state index in [1.54, 1.807) is 24.4 Å². The lowest BCUT2D eigenvalue weighted by Crippen LogP contribution is -2.42. The summed E-state index contributed by atoms with van der Waals surface area (Å²) in [5.41, 5.74) is 15.1. The van der Waals surface area contributed by atoms with Crippen molar-refractivity contribution in [3.8, 4) is 16.9 Å². The van der Waals surface area contributed by atoms with Gasteiger partial charge >= 0.3 is 5.69 Å². The second-order valence-corrected chi connectivity index (χ2v) is 13.7. The van der Waals surface area contributed by atoms with Gasteiger partial charge in [-0.25, -0.2) is 9.18 Å². The third-order valence-electron chi connectivity index (χ3n) is 8.75. The lowest BCUT2D eigenvalue weighted by molar-refractivity contribution is 0.0825. The molecule has 244 valence electrons. The Hall–Kier alpha value is -3.44. The molecule has 0 saturated carbocycles. The molecule has 3 heterocycles. The average molecular weight is 664 g/mol. The summed E-state index contributed by atoms with van der Waals surface area (Å²) in [5.74, 6) is 0.314. The smallest absolute Gasteiger partial charge is 0.354 e. The molecular formula is C35H43ClFN7OS. The second kappa shape index (κ2) is 15.4. The fraction of sp³-hybridized carbons (Fsp3) is 0.400. The summed E-state index contributed by atoms with van der Waals surface area (Å²) in [6.07, 6.45) is 11.4. The first-order chi connectivity index (χ1) is 22.1. The summed E-state index contributed by atoms with van der Waals surface area (Å²) in [4.78, 5) is 23.1. The van der Waals surface area contributed by atoms with Crippen LogP contribution in [0.5, 0.6) is 0 Å². The van der Waals surface area contributed by atoms with Crippen LogP contribution in [0.25, 0.3) is 28.0 Å². The molecule has 6 N–H and O–H groups in total. The Labute approximate surface area is 278 Å². The van der Waals surface area contributed by atoms with Crippen LogP contribution in [0.4, 0.5) is 4.39 Å². The molecule has 0 bridgehead atoms. The molecule has 1 saturated heterocycles. The number of aromatic amines is 1. The van der Waals surface area contributed by atoms with E-state index in [1.807, 2.05) is 25.1 Å².